The van der Waals surface area contributed by atoms with Crippen LogP contribution in [0.15, 0.2) is 12.2 Å². The van der Waals surface area contributed by atoms with Crippen molar-refractivity contribution in [2.24, 2.45) is 11.8 Å². The highest BCUT2D eigenvalue weighted by molar-refractivity contribution is 5.90. The van der Waals surface area contributed by atoms with Gasteiger partial charge in [0.15, 0.2) is 5.78 Å². The van der Waals surface area contributed by atoms with Crippen molar-refractivity contribution in [2.75, 3.05) is 0 Å². The van der Waals surface area contributed by atoms with Crippen LogP contribution in [0.4, 0.5) is 0 Å². The zero-order valence-electron chi connectivity index (χ0n) is 15.3. The maximum atomic E-state index is 12.1. The lowest BCUT2D eigenvalue weighted by molar-refractivity contribution is -0.137. The number of aliphatic carboxylic acids is 1. The van der Waals surface area contributed by atoms with Crippen LogP contribution in [0.5, 0.6) is 0 Å². The van der Waals surface area contributed by atoms with E-state index in [0.717, 1.165) is 38.5 Å². The van der Waals surface area contributed by atoms with Crippen LogP contribution in [-0.2, 0) is 14.4 Å². The monoisotopic (exact) mass is 352 g/mol. The second-order valence-corrected chi connectivity index (χ2v) is 7.05. The van der Waals surface area contributed by atoms with Gasteiger partial charge in [-0.3, -0.25) is 14.4 Å². The molecule has 0 aliphatic heterocycles. The van der Waals surface area contributed by atoms with E-state index >= 15 is 0 Å². The van der Waals surface area contributed by atoms with E-state index in [2.05, 4.69) is 6.92 Å². The molecule has 0 aromatic carbocycles. The first kappa shape index (κ1) is 21.6. The van der Waals surface area contributed by atoms with Crippen molar-refractivity contribution >= 4 is 17.5 Å². The highest BCUT2D eigenvalue weighted by Gasteiger charge is 2.39. The van der Waals surface area contributed by atoms with Crippen molar-refractivity contribution in [3.05, 3.63) is 12.2 Å². The SMILES string of the molecule is CCCCCC(=O)/C=C/C1C(O)CC(=O)C1CCCCCCC(=O)O. The molecule has 3 atom stereocenters. The number of carbonyl (C=O) groups is 3. The van der Waals surface area contributed by atoms with E-state index in [0.29, 0.717) is 19.3 Å². The number of carbonyl (C=O) groups excluding carboxylic acids is 2. The average Bonchev–Trinajstić information content (AvgIpc) is 2.82. The van der Waals surface area contributed by atoms with E-state index in [1.165, 1.54) is 0 Å². The number of Topliss-reactive ketones (excluding diaryl/α,β-unsaturated/α-hetero) is 1. The fourth-order valence-corrected chi connectivity index (χ4v) is 3.44. The summed E-state index contributed by atoms with van der Waals surface area (Å²) in [5.41, 5.74) is 0. The van der Waals surface area contributed by atoms with Gasteiger partial charge in [-0.15, -0.1) is 0 Å². The van der Waals surface area contributed by atoms with Gasteiger partial charge in [0.25, 0.3) is 0 Å². The molecule has 142 valence electrons. The van der Waals surface area contributed by atoms with Crippen molar-refractivity contribution in [2.45, 2.75) is 83.7 Å². The van der Waals surface area contributed by atoms with Gasteiger partial charge in [0.05, 0.1) is 6.10 Å². The molecule has 5 nitrogen and oxygen atoms in total. The minimum Gasteiger partial charge on any atom is -0.481 e. The number of carboxylic acids is 1. The molecule has 1 aliphatic rings. The summed E-state index contributed by atoms with van der Waals surface area (Å²) in [7, 11) is 0. The van der Waals surface area contributed by atoms with Crippen LogP contribution >= 0.6 is 0 Å². The molecule has 0 aromatic rings. The molecule has 25 heavy (non-hydrogen) atoms. The predicted molar refractivity (Wildman–Crippen MR) is 96.2 cm³/mol. The maximum absolute atomic E-state index is 12.1. The number of allylic oxidation sites excluding steroid dienone is 1. The van der Waals surface area contributed by atoms with E-state index in [9.17, 15) is 19.5 Å². The molecule has 0 amide bonds. The minimum absolute atomic E-state index is 0.0624. The van der Waals surface area contributed by atoms with Crippen LogP contribution in [0.25, 0.3) is 0 Å². The summed E-state index contributed by atoms with van der Waals surface area (Å²) in [5, 5.41) is 18.7. The Hall–Kier alpha value is -1.49. The summed E-state index contributed by atoms with van der Waals surface area (Å²) < 4.78 is 0. The number of hydrogen-bond acceptors (Lipinski definition) is 4. The van der Waals surface area contributed by atoms with Gasteiger partial charge in [-0.05, 0) is 25.3 Å². The van der Waals surface area contributed by atoms with Crippen LogP contribution in [0.3, 0.4) is 0 Å². The van der Waals surface area contributed by atoms with E-state index in [1.54, 1.807) is 12.2 Å². The molecule has 1 rings (SSSR count). The number of ketones is 2. The normalized spacial score (nSPS) is 23.4. The minimum atomic E-state index is -0.775. The summed E-state index contributed by atoms with van der Waals surface area (Å²) in [6.07, 6.45) is 10.4. The van der Waals surface area contributed by atoms with Crippen molar-refractivity contribution in [3.8, 4) is 0 Å². The Morgan fingerprint density at radius 2 is 1.76 bits per heavy atom. The first-order valence-corrected chi connectivity index (χ1v) is 9.59. The standard InChI is InChI=1S/C20H32O5/c1-2-3-6-9-15(21)12-13-17-16(18(22)14-19(17)23)10-7-4-5-8-11-20(24)25/h12-13,16-17,19,23H,2-11,14H2,1H3,(H,24,25)/b13-12+. The van der Waals surface area contributed by atoms with Crippen LogP contribution in [0, 0.1) is 11.8 Å². The highest BCUT2D eigenvalue weighted by atomic mass is 16.4. The molecular weight excluding hydrogens is 320 g/mol. The van der Waals surface area contributed by atoms with Gasteiger partial charge in [-0.25, -0.2) is 0 Å². The van der Waals surface area contributed by atoms with E-state index in [1.807, 2.05) is 0 Å². The lowest BCUT2D eigenvalue weighted by atomic mass is 9.88. The molecule has 1 saturated carbocycles. The summed E-state index contributed by atoms with van der Waals surface area (Å²) >= 11 is 0. The Bertz CT molecular complexity index is 469. The predicted octanol–water partition coefficient (Wildman–Crippen LogP) is 3.68. The van der Waals surface area contributed by atoms with E-state index < -0.39 is 12.1 Å². The quantitative estimate of drug-likeness (QED) is 0.390. The number of carboxylic acid groups (broad SMARTS) is 1. The molecule has 0 bridgehead atoms. The zero-order valence-corrected chi connectivity index (χ0v) is 15.3. The number of aliphatic hydroxyl groups excluding tert-OH is 1. The summed E-state index contributed by atoms with van der Waals surface area (Å²) in [6, 6.07) is 0. The van der Waals surface area contributed by atoms with E-state index in [4.69, 9.17) is 5.11 Å². The third-order valence-electron chi connectivity index (χ3n) is 4.92. The second kappa shape index (κ2) is 12.0. The smallest absolute Gasteiger partial charge is 0.303 e. The molecular formula is C20H32O5. The Kier molecular flexibility index (Phi) is 10.3. The van der Waals surface area contributed by atoms with Gasteiger partial charge in [0, 0.05) is 31.1 Å². The molecule has 0 spiro atoms. The van der Waals surface area contributed by atoms with Crippen molar-refractivity contribution < 1.29 is 24.6 Å². The Morgan fingerprint density at radius 3 is 2.44 bits per heavy atom. The molecule has 1 aliphatic carbocycles. The van der Waals surface area contributed by atoms with Gasteiger partial charge < -0.3 is 10.2 Å². The van der Waals surface area contributed by atoms with Crippen molar-refractivity contribution in [1.29, 1.82) is 0 Å². The Labute approximate surface area is 150 Å². The van der Waals surface area contributed by atoms with Crippen LogP contribution < -0.4 is 0 Å². The number of rotatable bonds is 13. The molecule has 3 unspecified atom stereocenters. The summed E-state index contributed by atoms with van der Waals surface area (Å²) in [6.45, 7) is 2.09. The molecule has 5 heteroatoms. The summed E-state index contributed by atoms with van der Waals surface area (Å²) in [5.74, 6) is -1.11. The largest absolute Gasteiger partial charge is 0.481 e. The van der Waals surface area contributed by atoms with Gasteiger partial charge in [-0.1, -0.05) is 45.1 Å². The van der Waals surface area contributed by atoms with E-state index in [-0.39, 0.29) is 36.2 Å². The number of unbranched alkanes of at least 4 members (excludes halogenated alkanes) is 5. The summed E-state index contributed by atoms with van der Waals surface area (Å²) in [4.78, 5) is 34.4. The second-order valence-electron chi connectivity index (χ2n) is 7.05. The average molecular weight is 352 g/mol. The molecule has 0 aromatic heterocycles. The van der Waals surface area contributed by atoms with Crippen LogP contribution in [0.1, 0.15) is 77.6 Å². The Morgan fingerprint density at radius 1 is 1.08 bits per heavy atom. The zero-order chi connectivity index (χ0) is 18.7. The van der Waals surface area contributed by atoms with Crippen LogP contribution in [0.2, 0.25) is 0 Å². The first-order chi connectivity index (χ1) is 12.0. The molecule has 0 radical (unpaired) electrons. The van der Waals surface area contributed by atoms with Gasteiger partial charge >= 0.3 is 5.97 Å². The topological polar surface area (TPSA) is 91.7 Å². The third kappa shape index (κ3) is 8.43. The number of hydrogen-bond donors (Lipinski definition) is 2. The third-order valence-corrected chi connectivity index (χ3v) is 4.92. The Balaban J connectivity index is 2.40. The first-order valence-electron chi connectivity index (χ1n) is 9.59. The highest BCUT2D eigenvalue weighted by Crippen LogP contribution is 2.34. The fraction of sp³-hybridized carbons (Fsp3) is 0.750. The fourth-order valence-electron chi connectivity index (χ4n) is 3.44. The van der Waals surface area contributed by atoms with Crippen molar-refractivity contribution in [1.82, 2.24) is 0 Å². The molecule has 1 fully saturated rings. The lowest BCUT2D eigenvalue weighted by Crippen LogP contribution is -2.19. The van der Waals surface area contributed by atoms with Gasteiger partial charge in [0.1, 0.15) is 5.78 Å². The molecule has 0 saturated heterocycles. The molecule has 2 N–H and O–H groups in total. The van der Waals surface area contributed by atoms with Gasteiger partial charge in [0.2, 0.25) is 0 Å². The maximum Gasteiger partial charge on any atom is 0.303 e. The lowest BCUT2D eigenvalue weighted by Gasteiger charge is -2.17. The number of aliphatic hydroxyl groups is 1. The van der Waals surface area contributed by atoms with Gasteiger partial charge in [-0.2, -0.15) is 0 Å². The molecule has 0 heterocycles. The van der Waals surface area contributed by atoms with Crippen LogP contribution in [-0.4, -0.2) is 33.9 Å². The van der Waals surface area contributed by atoms with Crippen molar-refractivity contribution in [3.63, 3.8) is 0 Å².